The zero-order chi connectivity index (χ0) is 17.9. The van der Waals surface area contributed by atoms with E-state index in [9.17, 15) is 4.79 Å². The third kappa shape index (κ3) is 3.79. The van der Waals surface area contributed by atoms with Crippen molar-refractivity contribution in [1.29, 1.82) is 0 Å². The molecule has 1 amide bonds. The maximum Gasteiger partial charge on any atom is 0.228 e. The molecular weight excluding hydrogens is 342 g/mol. The number of benzene rings is 2. The van der Waals surface area contributed by atoms with Crippen molar-refractivity contribution in [1.82, 2.24) is 14.8 Å². The first-order valence-electron chi connectivity index (χ1n) is 9.07. The molecule has 1 aromatic heterocycles. The van der Waals surface area contributed by atoms with E-state index in [0.29, 0.717) is 6.42 Å². The molecule has 0 N–H and O–H groups in total. The molecule has 2 heterocycles. The van der Waals surface area contributed by atoms with E-state index in [1.165, 1.54) is 16.3 Å². The van der Waals surface area contributed by atoms with Crippen LogP contribution in [0.1, 0.15) is 16.3 Å². The van der Waals surface area contributed by atoms with E-state index in [1.807, 2.05) is 17.2 Å². The Kier molecular flexibility index (Phi) is 5.00. The Morgan fingerprint density at radius 3 is 2.62 bits per heavy atom. The molecule has 4 rings (SSSR count). The third-order valence-electron chi connectivity index (χ3n) is 5.00. The molecule has 1 aliphatic rings. The normalized spacial score (nSPS) is 15.5. The highest BCUT2D eigenvalue weighted by molar-refractivity contribution is 7.09. The predicted octanol–water partition coefficient (Wildman–Crippen LogP) is 3.49. The zero-order valence-electron chi connectivity index (χ0n) is 15.0. The lowest BCUT2D eigenvalue weighted by Crippen LogP contribution is -2.48. The molecule has 4 nitrogen and oxygen atoms in total. The number of nitrogens with zero attached hydrogens (tertiary/aromatic N) is 3. The highest BCUT2D eigenvalue weighted by atomic mass is 32.1. The van der Waals surface area contributed by atoms with Crippen LogP contribution in [0.25, 0.3) is 10.8 Å². The van der Waals surface area contributed by atoms with Crippen molar-refractivity contribution in [2.45, 2.75) is 19.9 Å². The quantitative estimate of drug-likeness (QED) is 0.710. The van der Waals surface area contributed by atoms with Gasteiger partial charge in [-0.15, -0.1) is 11.3 Å². The third-order valence-corrected chi connectivity index (χ3v) is 5.82. The molecule has 0 unspecified atom stereocenters. The van der Waals surface area contributed by atoms with Crippen LogP contribution in [0.3, 0.4) is 0 Å². The van der Waals surface area contributed by atoms with Gasteiger partial charge in [-0.1, -0.05) is 42.5 Å². The number of hydrogen-bond acceptors (Lipinski definition) is 4. The number of hydrogen-bond donors (Lipinski definition) is 0. The van der Waals surface area contributed by atoms with Crippen LogP contribution < -0.4 is 0 Å². The molecule has 0 radical (unpaired) electrons. The first kappa shape index (κ1) is 17.2. The highest BCUT2D eigenvalue weighted by Crippen LogP contribution is 2.20. The van der Waals surface area contributed by atoms with Crippen LogP contribution in [0, 0.1) is 6.92 Å². The average molecular weight is 366 g/mol. The molecule has 3 aromatic rings. The molecular formula is C21H23N3OS. The zero-order valence-corrected chi connectivity index (χ0v) is 15.8. The second-order valence-electron chi connectivity index (χ2n) is 6.83. The van der Waals surface area contributed by atoms with E-state index in [2.05, 4.69) is 52.3 Å². The van der Waals surface area contributed by atoms with Crippen LogP contribution >= 0.6 is 11.3 Å². The van der Waals surface area contributed by atoms with Gasteiger partial charge in [0.05, 0.1) is 17.1 Å². The number of carbonyl (C=O) groups is 1. The number of thiazole rings is 1. The number of amides is 1. The fourth-order valence-corrected chi connectivity index (χ4v) is 4.20. The second-order valence-corrected chi connectivity index (χ2v) is 7.89. The molecule has 0 spiro atoms. The maximum absolute atomic E-state index is 12.5. The number of fused-ring (bicyclic) bond motifs is 1. The summed E-state index contributed by atoms with van der Waals surface area (Å²) in [6, 6.07) is 15.0. The maximum atomic E-state index is 12.5. The van der Waals surface area contributed by atoms with Crippen molar-refractivity contribution in [3.8, 4) is 0 Å². The molecule has 134 valence electrons. The van der Waals surface area contributed by atoms with Crippen LogP contribution in [0.2, 0.25) is 0 Å². The van der Waals surface area contributed by atoms with Gasteiger partial charge >= 0.3 is 0 Å². The minimum atomic E-state index is 0.195. The van der Waals surface area contributed by atoms with Gasteiger partial charge in [0, 0.05) is 38.1 Å². The molecule has 0 saturated carbocycles. The van der Waals surface area contributed by atoms with E-state index in [1.54, 1.807) is 11.3 Å². The van der Waals surface area contributed by atoms with Crippen molar-refractivity contribution in [2.75, 3.05) is 26.2 Å². The Morgan fingerprint density at radius 1 is 1.08 bits per heavy atom. The van der Waals surface area contributed by atoms with Gasteiger partial charge in [-0.3, -0.25) is 9.69 Å². The lowest BCUT2D eigenvalue weighted by atomic mass is 10.0. The van der Waals surface area contributed by atoms with E-state index in [0.717, 1.165) is 43.4 Å². The lowest BCUT2D eigenvalue weighted by molar-refractivity contribution is -0.132. The molecule has 0 atom stereocenters. The molecule has 1 aliphatic heterocycles. The summed E-state index contributed by atoms with van der Waals surface area (Å²) in [6.45, 7) is 6.36. The number of rotatable bonds is 4. The van der Waals surface area contributed by atoms with Gasteiger partial charge in [0.15, 0.2) is 0 Å². The number of piperazine rings is 1. The number of aromatic nitrogens is 1. The Balaban J connectivity index is 1.35. The molecule has 0 aliphatic carbocycles. The van der Waals surface area contributed by atoms with E-state index >= 15 is 0 Å². The van der Waals surface area contributed by atoms with Crippen molar-refractivity contribution in [3.05, 3.63) is 64.1 Å². The Morgan fingerprint density at radius 2 is 1.85 bits per heavy atom. The molecule has 5 heteroatoms. The van der Waals surface area contributed by atoms with Gasteiger partial charge in [0.2, 0.25) is 5.91 Å². The molecule has 0 bridgehead atoms. The van der Waals surface area contributed by atoms with Crippen LogP contribution in [0.4, 0.5) is 0 Å². The topological polar surface area (TPSA) is 36.4 Å². The van der Waals surface area contributed by atoms with Crippen molar-refractivity contribution >= 4 is 28.0 Å². The minimum absolute atomic E-state index is 0.195. The summed E-state index contributed by atoms with van der Waals surface area (Å²) in [4.78, 5) is 21.3. The SMILES string of the molecule is Cc1nc(CC(=O)N2CCN(Cc3cccc4ccccc34)CC2)cs1. The predicted molar refractivity (Wildman–Crippen MR) is 106 cm³/mol. The molecule has 1 saturated heterocycles. The van der Waals surface area contributed by atoms with Crippen LogP contribution in [-0.4, -0.2) is 46.9 Å². The molecule has 2 aromatic carbocycles. The monoisotopic (exact) mass is 365 g/mol. The first-order chi connectivity index (χ1) is 12.7. The van der Waals surface area contributed by atoms with Gasteiger partial charge < -0.3 is 4.90 Å². The van der Waals surface area contributed by atoms with E-state index < -0.39 is 0 Å². The van der Waals surface area contributed by atoms with E-state index in [4.69, 9.17) is 0 Å². The van der Waals surface area contributed by atoms with Crippen LogP contribution in [0.5, 0.6) is 0 Å². The summed E-state index contributed by atoms with van der Waals surface area (Å²) in [5.74, 6) is 0.195. The minimum Gasteiger partial charge on any atom is -0.340 e. The standard InChI is InChI=1S/C21H23N3OS/c1-16-22-19(15-26-16)13-21(25)24-11-9-23(10-12-24)14-18-7-4-6-17-5-2-3-8-20(17)18/h2-8,15H,9-14H2,1H3. The van der Waals surface area contributed by atoms with E-state index in [-0.39, 0.29) is 5.91 Å². The van der Waals surface area contributed by atoms with Crippen LogP contribution in [0.15, 0.2) is 47.8 Å². The highest BCUT2D eigenvalue weighted by Gasteiger charge is 2.22. The second kappa shape index (κ2) is 7.56. The first-order valence-corrected chi connectivity index (χ1v) is 9.95. The van der Waals surface area contributed by atoms with Gasteiger partial charge in [-0.2, -0.15) is 0 Å². The fraction of sp³-hybridized carbons (Fsp3) is 0.333. The Hall–Kier alpha value is -2.24. The van der Waals surface area contributed by atoms with Gasteiger partial charge in [0.1, 0.15) is 0 Å². The smallest absolute Gasteiger partial charge is 0.228 e. The van der Waals surface area contributed by atoms with Gasteiger partial charge in [-0.05, 0) is 23.3 Å². The average Bonchev–Trinajstić information content (AvgIpc) is 3.07. The molecule has 26 heavy (non-hydrogen) atoms. The summed E-state index contributed by atoms with van der Waals surface area (Å²) >= 11 is 1.61. The summed E-state index contributed by atoms with van der Waals surface area (Å²) < 4.78 is 0. The summed E-state index contributed by atoms with van der Waals surface area (Å²) in [7, 11) is 0. The number of carbonyl (C=O) groups excluding carboxylic acids is 1. The van der Waals surface area contributed by atoms with Crippen molar-refractivity contribution in [3.63, 3.8) is 0 Å². The van der Waals surface area contributed by atoms with Gasteiger partial charge in [-0.25, -0.2) is 4.98 Å². The summed E-state index contributed by atoms with van der Waals surface area (Å²) in [6.07, 6.45) is 0.424. The largest absolute Gasteiger partial charge is 0.340 e. The summed E-state index contributed by atoms with van der Waals surface area (Å²) in [5.41, 5.74) is 2.26. The lowest BCUT2D eigenvalue weighted by Gasteiger charge is -2.35. The summed E-state index contributed by atoms with van der Waals surface area (Å²) in [5, 5.41) is 5.63. The number of aryl methyl sites for hydroxylation is 1. The van der Waals surface area contributed by atoms with Crippen LogP contribution in [-0.2, 0) is 17.8 Å². The van der Waals surface area contributed by atoms with Crippen molar-refractivity contribution in [2.24, 2.45) is 0 Å². The fourth-order valence-electron chi connectivity index (χ4n) is 3.58. The Labute approximate surface area is 158 Å². The Bertz CT molecular complexity index is 907. The van der Waals surface area contributed by atoms with Gasteiger partial charge in [0.25, 0.3) is 0 Å². The molecule has 1 fully saturated rings. The van der Waals surface area contributed by atoms with Crippen molar-refractivity contribution < 1.29 is 4.79 Å².